The van der Waals surface area contributed by atoms with E-state index in [-0.39, 0.29) is 0 Å². The first kappa shape index (κ1) is 11.6. The topological polar surface area (TPSA) is 40.5 Å². The van der Waals surface area contributed by atoms with Crippen molar-refractivity contribution in [3.8, 4) is 0 Å². The van der Waals surface area contributed by atoms with Crippen molar-refractivity contribution in [2.24, 2.45) is 0 Å². The maximum atomic E-state index is 11.7. The van der Waals surface area contributed by atoms with Crippen LogP contribution in [0.15, 0.2) is 18.2 Å². The molecule has 3 heteroatoms. The van der Waals surface area contributed by atoms with Gasteiger partial charge in [-0.15, -0.1) is 0 Å². The quantitative estimate of drug-likeness (QED) is 0.870. The molecule has 0 bridgehead atoms. The van der Waals surface area contributed by atoms with Crippen LogP contribution in [0, 0.1) is 0 Å². The number of hydrogen-bond acceptors (Lipinski definition) is 2. The van der Waals surface area contributed by atoms with Gasteiger partial charge >= 0.3 is 5.97 Å². The largest absolute Gasteiger partial charge is 0.481 e. The zero-order valence-corrected chi connectivity index (χ0v) is 10.8. The van der Waals surface area contributed by atoms with Gasteiger partial charge in [0.25, 0.3) is 0 Å². The van der Waals surface area contributed by atoms with Crippen molar-refractivity contribution in [2.45, 2.75) is 37.5 Å². The highest BCUT2D eigenvalue weighted by Gasteiger charge is 2.43. The highest BCUT2D eigenvalue weighted by Crippen LogP contribution is 2.43. The Morgan fingerprint density at radius 3 is 2.72 bits per heavy atom. The van der Waals surface area contributed by atoms with E-state index < -0.39 is 11.4 Å². The van der Waals surface area contributed by atoms with E-state index in [2.05, 4.69) is 24.1 Å². The Bertz CT molecular complexity index is 489. The standard InChI is InChI=1S/C15H19NO2/c1-16-9-6-11-4-5-12(10-13(11)16)15(14(17)18)7-2-3-8-15/h4-5,10H,2-3,6-9H2,1H3,(H,17,18). The van der Waals surface area contributed by atoms with E-state index in [0.717, 1.165) is 44.2 Å². The van der Waals surface area contributed by atoms with Gasteiger partial charge in [0.1, 0.15) is 0 Å². The van der Waals surface area contributed by atoms with Gasteiger partial charge in [-0.2, -0.15) is 0 Å². The average molecular weight is 245 g/mol. The molecule has 1 N–H and O–H groups in total. The maximum absolute atomic E-state index is 11.7. The summed E-state index contributed by atoms with van der Waals surface area (Å²) in [5.41, 5.74) is 2.94. The maximum Gasteiger partial charge on any atom is 0.314 e. The minimum absolute atomic E-state index is 0.627. The smallest absolute Gasteiger partial charge is 0.314 e. The fourth-order valence-corrected chi connectivity index (χ4v) is 3.44. The van der Waals surface area contributed by atoms with E-state index >= 15 is 0 Å². The molecule has 0 aromatic heterocycles. The van der Waals surface area contributed by atoms with Crippen LogP contribution >= 0.6 is 0 Å². The average Bonchev–Trinajstić information content (AvgIpc) is 2.97. The van der Waals surface area contributed by atoms with Crippen LogP contribution in [0.4, 0.5) is 5.69 Å². The molecule has 1 heterocycles. The molecule has 0 atom stereocenters. The summed E-state index contributed by atoms with van der Waals surface area (Å²) >= 11 is 0. The number of carboxylic acid groups (broad SMARTS) is 1. The predicted molar refractivity (Wildman–Crippen MR) is 71.2 cm³/mol. The molecule has 1 fully saturated rings. The Morgan fingerprint density at radius 1 is 1.33 bits per heavy atom. The normalized spacial score (nSPS) is 21.1. The minimum Gasteiger partial charge on any atom is -0.481 e. The molecular weight excluding hydrogens is 226 g/mol. The number of nitrogens with zero attached hydrogens (tertiary/aromatic N) is 1. The second-order valence-corrected chi connectivity index (χ2v) is 5.61. The zero-order valence-electron chi connectivity index (χ0n) is 10.8. The minimum atomic E-state index is -0.652. The van der Waals surface area contributed by atoms with Gasteiger partial charge in [-0.1, -0.05) is 25.0 Å². The molecule has 0 amide bonds. The highest BCUT2D eigenvalue weighted by atomic mass is 16.4. The molecule has 18 heavy (non-hydrogen) atoms. The van der Waals surface area contributed by atoms with Crippen LogP contribution in [0.1, 0.15) is 36.8 Å². The molecule has 0 radical (unpaired) electrons. The lowest BCUT2D eigenvalue weighted by Gasteiger charge is -2.25. The van der Waals surface area contributed by atoms with Crippen LogP contribution in [0.25, 0.3) is 0 Å². The summed E-state index contributed by atoms with van der Waals surface area (Å²) < 4.78 is 0. The van der Waals surface area contributed by atoms with Crippen LogP contribution < -0.4 is 4.90 Å². The van der Waals surface area contributed by atoms with Crippen LogP contribution in [-0.4, -0.2) is 24.7 Å². The fourth-order valence-electron chi connectivity index (χ4n) is 3.44. The zero-order chi connectivity index (χ0) is 12.8. The van der Waals surface area contributed by atoms with E-state index in [1.165, 1.54) is 11.3 Å². The van der Waals surface area contributed by atoms with Crippen LogP contribution in [-0.2, 0) is 16.6 Å². The third kappa shape index (κ3) is 1.53. The Balaban J connectivity index is 2.06. The monoisotopic (exact) mass is 245 g/mol. The first-order valence-corrected chi connectivity index (χ1v) is 6.71. The van der Waals surface area contributed by atoms with E-state index in [0.29, 0.717) is 0 Å². The van der Waals surface area contributed by atoms with Gasteiger partial charge in [-0.05, 0) is 36.5 Å². The van der Waals surface area contributed by atoms with Crippen molar-refractivity contribution < 1.29 is 9.90 Å². The van der Waals surface area contributed by atoms with Crippen molar-refractivity contribution in [3.05, 3.63) is 29.3 Å². The summed E-state index contributed by atoms with van der Waals surface area (Å²) in [6, 6.07) is 6.27. The molecule has 0 spiro atoms. The Labute approximate surface area is 107 Å². The van der Waals surface area contributed by atoms with Gasteiger partial charge in [0.15, 0.2) is 0 Å². The summed E-state index contributed by atoms with van der Waals surface area (Å²) in [5, 5.41) is 9.62. The third-order valence-corrected chi connectivity index (χ3v) is 4.63. The lowest BCUT2D eigenvalue weighted by Crippen LogP contribution is -2.32. The first-order valence-electron chi connectivity index (χ1n) is 6.71. The molecule has 1 aromatic carbocycles. The van der Waals surface area contributed by atoms with Crippen molar-refractivity contribution in [1.82, 2.24) is 0 Å². The fraction of sp³-hybridized carbons (Fsp3) is 0.533. The number of rotatable bonds is 2. The Morgan fingerprint density at radius 2 is 2.06 bits per heavy atom. The summed E-state index contributed by atoms with van der Waals surface area (Å²) in [5.74, 6) is -0.652. The van der Waals surface area contributed by atoms with E-state index in [1.54, 1.807) is 0 Å². The molecule has 1 aliphatic heterocycles. The van der Waals surface area contributed by atoms with Crippen molar-refractivity contribution in [3.63, 3.8) is 0 Å². The van der Waals surface area contributed by atoms with Gasteiger partial charge < -0.3 is 10.0 Å². The molecule has 3 rings (SSSR count). The number of benzene rings is 1. The predicted octanol–water partition coefficient (Wildman–Crippen LogP) is 2.58. The molecule has 3 nitrogen and oxygen atoms in total. The lowest BCUT2D eigenvalue weighted by molar-refractivity contribution is -0.143. The molecule has 2 aliphatic rings. The summed E-state index contributed by atoms with van der Waals surface area (Å²) in [4.78, 5) is 13.9. The second kappa shape index (κ2) is 4.01. The molecule has 1 aromatic rings. The Kier molecular flexibility index (Phi) is 2.58. The number of likely N-dealkylation sites (N-methyl/N-ethyl adjacent to an activating group) is 1. The molecular formula is C15H19NO2. The van der Waals surface area contributed by atoms with E-state index in [1.807, 2.05) is 6.07 Å². The van der Waals surface area contributed by atoms with Gasteiger partial charge in [0, 0.05) is 19.3 Å². The molecule has 0 unspecified atom stereocenters. The van der Waals surface area contributed by atoms with Gasteiger partial charge in [-0.3, -0.25) is 4.79 Å². The van der Waals surface area contributed by atoms with Crippen molar-refractivity contribution in [1.29, 1.82) is 0 Å². The lowest BCUT2D eigenvalue weighted by atomic mass is 9.78. The summed E-state index contributed by atoms with van der Waals surface area (Å²) in [6.07, 6.45) is 4.69. The highest BCUT2D eigenvalue weighted by molar-refractivity contribution is 5.82. The number of fused-ring (bicyclic) bond motifs is 1. The number of carboxylic acids is 1. The number of aliphatic carboxylic acids is 1. The van der Waals surface area contributed by atoms with Crippen molar-refractivity contribution >= 4 is 11.7 Å². The number of carbonyl (C=O) groups is 1. The van der Waals surface area contributed by atoms with E-state index in [4.69, 9.17) is 0 Å². The summed E-state index contributed by atoms with van der Waals surface area (Å²) in [6.45, 7) is 1.04. The van der Waals surface area contributed by atoms with Crippen molar-refractivity contribution in [2.75, 3.05) is 18.5 Å². The number of hydrogen-bond donors (Lipinski definition) is 1. The molecule has 0 saturated heterocycles. The van der Waals surface area contributed by atoms with Gasteiger partial charge in [-0.25, -0.2) is 0 Å². The van der Waals surface area contributed by atoms with Crippen LogP contribution in [0.5, 0.6) is 0 Å². The van der Waals surface area contributed by atoms with Gasteiger partial charge in [0.2, 0.25) is 0 Å². The number of anilines is 1. The van der Waals surface area contributed by atoms with Gasteiger partial charge in [0.05, 0.1) is 5.41 Å². The molecule has 96 valence electrons. The molecule has 1 aliphatic carbocycles. The summed E-state index contributed by atoms with van der Waals surface area (Å²) in [7, 11) is 2.08. The Hall–Kier alpha value is -1.51. The first-order chi connectivity index (χ1) is 8.63. The second-order valence-electron chi connectivity index (χ2n) is 5.61. The molecule has 1 saturated carbocycles. The third-order valence-electron chi connectivity index (χ3n) is 4.63. The SMILES string of the molecule is CN1CCc2ccc(C3(C(=O)O)CCCC3)cc21. The van der Waals surface area contributed by atoms with E-state index in [9.17, 15) is 9.90 Å². The van der Waals surface area contributed by atoms with Crippen LogP contribution in [0.2, 0.25) is 0 Å². The van der Waals surface area contributed by atoms with Crippen LogP contribution in [0.3, 0.4) is 0 Å².